The fourth-order valence-electron chi connectivity index (χ4n) is 1.16. The van der Waals surface area contributed by atoms with Gasteiger partial charge < -0.3 is 0 Å². The van der Waals surface area contributed by atoms with Gasteiger partial charge in [0.1, 0.15) is 0 Å². The van der Waals surface area contributed by atoms with Crippen molar-refractivity contribution in [1.29, 1.82) is 0 Å². The van der Waals surface area contributed by atoms with E-state index in [1.165, 1.54) is 11.8 Å². The summed E-state index contributed by atoms with van der Waals surface area (Å²) in [6.45, 7) is 3.56. The molecule has 5 heteroatoms. The summed E-state index contributed by atoms with van der Waals surface area (Å²) in [5, 5.41) is 11.2. The molecule has 0 spiro atoms. The van der Waals surface area contributed by atoms with E-state index in [2.05, 4.69) is 4.98 Å². The maximum absolute atomic E-state index is 10.7. The highest BCUT2D eigenvalue weighted by Gasteiger charge is 2.18. The molecule has 0 unspecified atom stereocenters. The van der Waals surface area contributed by atoms with Crippen LogP contribution in [0.15, 0.2) is 11.1 Å². The highest BCUT2D eigenvalue weighted by atomic mass is 32.2. The average Bonchev–Trinajstić information content (AvgIpc) is 2.01. The maximum atomic E-state index is 10.7. The monoisotopic (exact) mass is 198 g/mol. The number of nitrogens with zero attached hydrogens (tertiary/aromatic N) is 2. The Morgan fingerprint density at radius 2 is 2.15 bits per heavy atom. The summed E-state index contributed by atoms with van der Waals surface area (Å²) in [7, 11) is 0. The van der Waals surface area contributed by atoms with Gasteiger partial charge in [-0.05, 0) is 26.2 Å². The molecule has 0 radical (unpaired) electrons. The minimum absolute atomic E-state index is 0.123. The van der Waals surface area contributed by atoms with Crippen LogP contribution in [0.2, 0.25) is 0 Å². The van der Waals surface area contributed by atoms with Gasteiger partial charge in [0.05, 0.1) is 4.92 Å². The van der Waals surface area contributed by atoms with Crippen LogP contribution in [0.5, 0.6) is 0 Å². The van der Waals surface area contributed by atoms with Crippen molar-refractivity contribution in [2.45, 2.75) is 18.9 Å². The van der Waals surface area contributed by atoms with Crippen LogP contribution in [0.3, 0.4) is 0 Å². The van der Waals surface area contributed by atoms with E-state index in [9.17, 15) is 10.1 Å². The molecule has 0 aliphatic carbocycles. The number of pyridine rings is 1. The van der Waals surface area contributed by atoms with Gasteiger partial charge in [-0.15, -0.1) is 11.8 Å². The largest absolute Gasteiger partial charge is 0.304 e. The van der Waals surface area contributed by atoms with Crippen molar-refractivity contribution in [2.75, 3.05) is 6.26 Å². The van der Waals surface area contributed by atoms with Gasteiger partial charge in [0, 0.05) is 11.3 Å². The lowest BCUT2D eigenvalue weighted by molar-refractivity contribution is -0.388. The predicted octanol–water partition coefficient (Wildman–Crippen LogP) is 2.33. The smallest absolute Gasteiger partial charge is 0.258 e. The summed E-state index contributed by atoms with van der Waals surface area (Å²) in [5.74, 6) is 0. The Balaban J connectivity index is 3.38. The number of aryl methyl sites for hydroxylation is 2. The second-order valence-electron chi connectivity index (χ2n) is 2.70. The second kappa shape index (κ2) is 3.74. The number of hydrogen-bond donors (Lipinski definition) is 0. The first-order valence-corrected chi connectivity index (χ1v) is 4.95. The van der Waals surface area contributed by atoms with E-state index < -0.39 is 0 Å². The third-order valence-corrected chi connectivity index (χ3v) is 2.33. The third-order valence-electron chi connectivity index (χ3n) is 1.66. The molecule has 0 bridgehead atoms. The minimum Gasteiger partial charge on any atom is -0.258 e. The molecule has 70 valence electrons. The molecule has 1 aromatic rings. The van der Waals surface area contributed by atoms with Crippen molar-refractivity contribution in [3.8, 4) is 0 Å². The van der Waals surface area contributed by atoms with Gasteiger partial charge in [0.25, 0.3) is 0 Å². The summed E-state index contributed by atoms with van der Waals surface area (Å²) in [6, 6.07) is 1.72. The highest BCUT2D eigenvalue weighted by Crippen LogP contribution is 2.28. The standard InChI is InChI=1S/C8H10N2O2S/c1-5-4-6(2)9-8(13-3)7(5)10(11)12/h4H,1-3H3. The van der Waals surface area contributed by atoms with Crippen LogP contribution in [-0.2, 0) is 0 Å². The summed E-state index contributed by atoms with van der Waals surface area (Å²) < 4.78 is 0. The Bertz CT molecular complexity index is 352. The molecular weight excluding hydrogens is 188 g/mol. The minimum atomic E-state index is -0.381. The molecule has 13 heavy (non-hydrogen) atoms. The highest BCUT2D eigenvalue weighted by molar-refractivity contribution is 7.98. The first kappa shape index (κ1) is 9.98. The quantitative estimate of drug-likeness (QED) is 0.415. The average molecular weight is 198 g/mol. The molecule has 1 rings (SSSR count). The molecule has 0 N–H and O–H groups in total. The first-order valence-electron chi connectivity index (χ1n) is 3.73. The lowest BCUT2D eigenvalue weighted by Crippen LogP contribution is -1.98. The molecule has 0 aliphatic rings. The van der Waals surface area contributed by atoms with E-state index in [-0.39, 0.29) is 10.6 Å². The maximum Gasteiger partial charge on any atom is 0.304 e. The van der Waals surface area contributed by atoms with Crippen molar-refractivity contribution in [2.24, 2.45) is 0 Å². The zero-order valence-corrected chi connectivity index (χ0v) is 8.51. The van der Waals surface area contributed by atoms with Gasteiger partial charge in [-0.2, -0.15) is 0 Å². The second-order valence-corrected chi connectivity index (χ2v) is 3.49. The molecule has 0 saturated heterocycles. The zero-order valence-electron chi connectivity index (χ0n) is 7.70. The Morgan fingerprint density at radius 3 is 2.62 bits per heavy atom. The molecule has 0 amide bonds. The van der Waals surface area contributed by atoms with Crippen LogP contribution in [0, 0.1) is 24.0 Å². The fraction of sp³-hybridized carbons (Fsp3) is 0.375. The fourth-order valence-corrected chi connectivity index (χ4v) is 1.82. The van der Waals surface area contributed by atoms with Crippen LogP contribution in [0.4, 0.5) is 5.69 Å². The van der Waals surface area contributed by atoms with Gasteiger partial charge in [-0.25, -0.2) is 4.98 Å². The molecule has 0 fully saturated rings. The number of thioether (sulfide) groups is 1. The Hall–Kier alpha value is -1.10. The molecule has 1 heterocycles. The summed E-state index contributed by atoms with van der Waals surface area (Å²) in [5.41, 5.74) is 1.60. The van der Waals surface area contributed by atoms with Crippen molar-refractivity contribution >= 4 is 17.4 Å². The van der Waals surface area contributed by atoms with Crippen LogP contribution < -0.4 is 0 Å². The molecule has 0 saturated carbocycles. The summed E-state index contributed by atoms with van der Waals surface area (Å²) in [4.78, 5) is 14.4. The normalized spacial score (nSPS) is 10.1. The van der Waals surface area contributed by atoms with Crippen LogP contribution in [0.25, 0.3) is 0 Å². The van der Waals surface area contributed by atoms with E-state index in [1.54, 1.807) is 19.2 Å². The molecule has 1 aromatic heterocycles. The Morgan fingerprint density at radius 1 is 1.54 bits per heavy atom. The first-order chi connectivity index (χ1) is 6.06. The van der Waals surface area contributed by atoms with Gasteiger partial charge in [-0.1, -0.05) is 0 Å². The predicted molar refractivity (Wildman–Crippen MR) is 52.1 cm³/mol. The van der Waals surface area contributed by atoms with Crippen LogP contribution in [0.1, 0.15) is 11.3 Å². The number of rotatable bonds is 2. The van der Waals surface area contributed by atoms with Crippen LogP contribution >= 0.6 is 11.8 Å². The van der Waals surface area contributed by atoms with Crippen molar-refractivity contribution in [1.82, 2.24) is 4.98 Å². The van der Waals surface area contributed by atoms with Crippen molar-refractivity contribution in [3.63, 3.8) is 0 Å². The van der Waals surface area contributed by atoms with E-state index in [0.29, 0.717) is 10.6 Å². The molecular formula is C8H10N2O2S. The number of nitro groups is 1. The number of aromatic nitrogens is 1. The van der Waals surface area contributed by atoms with Crippen LogP contribution in [-0.4, -0.2) is 16.2 Å². The number of hydrogen-bond acceptors (Lipinski definition) is 4. The van der Waals surface area contributed by atoms with Gasteiger partial charge >= 0.3 is 5.69 Å². The van der Waals surface area contributed by atoms with Gasteiger partial charge in [-0.3, -0.25) is 10.1 Å². The van der Waals surface area contributed by atoms with E-state index in [0.717, 1.165) is 5.69 Å². The SMILES string of the molecule is CSc1nc(C)cc(C)c1[N+](=O)[O-]. The molecule has 0 atom stereocenters. The van der Waals surface area contributed by atoms with Crippen molar-refractivity contribution < 1.29 is 4.92 Å². The topological polar surface area (TPSA) is 56.0 Å². The summed E-state index contributed by atoms with van der Waals surface area (Å²) in [6.07, 6.45) is 1.79. The lowest BCUT2D eigenvalue weighted by atomic mass is 10.2. The van der Waals surface area contributed by atoms with Gasteiger partial charge in [0.15, 0.2) is 5.03 Å². The Kier molecular flexibility index (Phi) is 2.87. The van der Waals surface area contributed by atoms with Gasteiger partial charge in [0.2, 0.25) is 0 Å². The third kappa shape index (κ3) is 1.98. The van der Waals surface area contributed by atoms with Crippen molar-refractivity contribution in [3.05, 3.63) is 27.4 Å². The van der Waals surface area contributed by atoms with E-state index in [4.69, 9.17) is 0 Å². The lowest BCUT2D eigenvalue weighted by Gasteiger charge is -2.02. The zero-order chi connectivity index (χ0) is 10.0. The summed E-state index contributed by atoms with van der Waals surface area (Å²) >= 11 is 1.30. The Labute approximate surface area is 80.5 Å². The molecule has 0 aromatic carbocycles. The van der Waals surface area contributed by atoms with E-state index in [1.807, 2.05) is 6.92 Å². The molecule has 4 nitrogen and oxygen atoms in total. The molecule has 0 aliphatic heterocycles. The van der Waals surface area contributed by atoms with E-state index >= 15 is 0 Å².